The molecule has 0 unspecified atom stereocenters. The molecule has 0 spiro atoms. The molecule has 0 aliphatic carbocycles. The molecule has 0 radical (unpaired) electrons. The van der Waals surface area contributed by atoms with Crippen molar-refractivity contribution >= 4 is 16.8 Å². The lowest BCUT2D eigenvalue weighted by Crippen LogP contribution is -2.28. The van der Waals surface area contributed by atoms with Gasteiger partial charge in [0.15, 0.2) is 17.1 Å². The van der Waals surface area contributed by atoms with E-state index in [4.69, 9.17) is 4.74 Å². The highest BCUT2D eigenvalue weighted by atomic mass is 16.5. The Balaban J connectivity index is 2.11. The molecule has 0 aliphatic heterocycles. The third-order valence-corrected chi connectivity index (χ3v) is 4.25. The fraction of sp³-hybridized carbons (Fsp3) is 0.294. The van der Waals surface area contributed by atoms with E-state index in [0.717, 1.165) is 17.5 Å². The molecule has 0 saturated heterocycles. The lowest BCUT2D eigenvalue weighted by molar-refractivity contribution is 0.415. The van der Waals surface area contributed by atoms with E-state index in [2.05, 4.69) is 15.2 Å². The number of benzene rings is 1. The number of hydrogen-bond donors (Lipinski definition) is 0. The number of hydrogen-bond acceptors (Lipinski definition) is 5. The van der Waals surface area contributed by atoms with Crippen molar-refractivity contribution in [3.8, 4) is 17.1 Å². The first-order valence-electron chi connectivity index (χ1n) is 8.09. The van der Waals surface area contributed by atoms with E-state index in [1.165, 1.54) is 0 Å². The van der Waals surface area contributed by atoms with E-state index in [0.29, 0.717) is 29.4 Å². The Kier molecular flexibility index (Phi) is 3.52. The van der Waals surface area contributed by atoms with E-state index in [9.17, 15) is 4.79 Å². The molecule has 128 valence electrons. The maximum atomic E-state index is 13.1. The number of fused-ring (bicyclic) bond motifs is 3. The second-order valence-corrected chi connectivity index (χ2v) is 5.88. The Morgan fingerprint density at radius 3 is 2.80 bits per heavy atom. The van der Waals surface area contributed by atoms with Crippen LogP contribution in [0.5, 0.6) is 5.75 Å². The van der Waals surface area contributed by atoms with Gasteiger partial charge in [0.05, 0.1) is 13.4 Å². The van der Waals surface area contributed by atoms with Gasteiger partial charge in [-0.3, -0.25) is 4.57 Å². The Morgan fingerprint density at radius 2 is 2.04 bits per heavy atom. The van der Waals surface area contributed by atoms with Crippen LogP contribution in [0.4, 0.5) is 0 Å². The zero-order chi connectivity index (χ0) is 17.6. The number of nitrogens with zero attached hydrogens (tertiary/aromatic N) is 6. The molecule has 1 aromatic carbocycles. The van der Waals surface area contributed by atoms with Gasteiger partial charge >= 0.3 is 5.69 Å². The molecular formula is C17H18N6O2. The van der Waals surface area contributed by atoms with Crippen LogP contribution < -0.4 is 10.4 Å². The van der Waals surface area contributed by atoms with Gasteiger partial charge in [0.2, 0.25) is 0 Å². The van der Waals surface area contributed by atoms with Gasteiger partial charge < -0.3 is 9.30 Å². The first kappa shape index (κ1) is 15.4. The molecule has 0 fully saturated rings. The van der Waals surface area contributed by atoms with Crippen LogP contribution in [0.2, 0.25) is 0 Å². The summed E-state index contributed by atoms with van der Waals surface area (Å²) in [6.07, 6.45) is 2.52. The molecule has 3 heterocycles. The van der Waals surface area contributed by atoms with Crippen molar-refractivity contribution in [3.05, 3.63) is 41.1 Å². The van der Waals surface area contributed by atoms with Crippen LogP contribution in [0.25, 0.3) is 28.2 Å². The quantitative estimate of drug-likeness (QED) is 0.567. The number of ether oxygens (including phenoxy) is 1. The van der Waals surface area contributed by atoms with Crippen LogP contribution in [0, 0.1) is 0 Å². The second-order valence-electron chi connectivity index (χ2n) is 5.88. The van der Waals surface area contributed by atoms with Crippen molar-refractivity contribution < 1.29 is 4.74 Å². The van der Waals surface area contributed by atoms with E-state index in [1.807, 2.05) is 42.8 Å². The van der Waals surface area contributed by atoms with Crippen LogP contribution in [-0.4, -0.2) is 35.8 Å². The molecule has 0 N–H and O–H groups in total. The number of aromatic nitrogens is 6. The fourth-order valence-corrected chi connectivity index (χ4v) is 3.08. The number of methoxy groups -OCH3 is 1. The number of aryl methyl sites for hydroxylation is 2. The Hall–Kier alpha value is -3.16. The summed E-state index contributed by atoms with van der Waals surface area (Å²) >= 11 is 0. The van der Waals surface area contributed by atoms with Gasteiger partial charge in [-0.25, -0.2) is 14.2 Å². The number of imidazole rings is 1. The summed E-state index contributed by atoms with van der Waals surface area (Å²) in [7, 11) is 3.49. The largest absolute Gasteiger partial charge is 0.497 e. The molecule has 0 saturated carbocycles. The topological polar surface area (TPSA) is 79.2 Å². The molecule has 0 atom stereocenters. The smallest absolute Gasteiger partial charge is 0.337 e. The van der Waals surface area contributed by atoms with Crippen molar-refractivity contribution in [2.75, 3.05) is 7.11 Å². The molecule has 0 aliphatic rings. The average molecular weight is 338 g/mol. The van der Waals surface area contributed by atoms with Crippen LogP contribution in [0.3, 0.4) is 0 Å². The first-order valence-corrected chi connectivity index (χ1v) is 8.09. The van der Waals surface area contributed by atoms with E-state index < -0.39 is 0 Å². The van der Waals surface area contributed by atoms with Crippen LogP contribution in [0.1, 0.15) is 13.3 Å². The second kappa shape index (κ2) is 5.73. The Bertz CT molecular complexity index is 1140. The van der Waals surface area contributed by atoms with E-state index in [1.54, 1.807) is 22.4 Å². The molecular weight excluding hydrogens is 320 g/mol. The SMILES string of the molecule is CCCn1c(=O)n2c(-c3cccc(OC)c3)nnc2c2c1ncn2C. The summed E-state index contributed by atoms with van der Waals surface area (Å²) in [5, 5.41) is 8.55. The summed E-state index contributed by atoms with van der Waals surface area (Å²) in [5.41, 5.74) is 2.51. The maximum absolute atomic E-state index is 13.1. The van der Waals surface area contributed by atoms with Gasteiger partial charge in [-0.1, -0.05) is 19.1 Å². The third-order valence-electron chi connectivity index (χ3n) is 4.25. The van der Waals surface area contributed by atoms with Crippen molar-refractivity contribution in [3.63, 3.8) is 0 Å². The Morgan fingerprint density at radius 1 is 1.20 bits per heavy atom. The predicted molar refractivity (Wildman–Crippen MR) is 93.8 cm³/mol. The molecule has 8 heteroatoms. The molecule has 4 rings (SSSR count). The van der Waals surface area contributed by atoms with Crippen molar-refractivity contribution in [2.45, 2.75) is 19.9 Å². The average Bonchev–Trinajstić information content (AvgIpc) is 3.22. The first-order chi connectivity index (χ1) is 12.2. The minimum absolute atomic E-state index is 0.189. The Labute approximate surface area is 143 Å². The summed E-state index contributed by atoms with van der Waals surface area (Å²) < 4.78 is 10.4. The normalized spacial score (nSPS) is 11.5. The zero-order valence-corrected chi connectivity index (χ0v) is 14.3. The highest BCUT2D eigenvalue weighted by Crippen LogP contribution is 2.24. The van der Waals surface area contributed by atoms with Crippen molar-refractivity contribution in [1.29, 1.82) is 0 Å². The van der Waals surface area contributed by atoms with Gasteiger partial charge in [0.25, 0.3) is 0 Å². The predicted octanol–water partition coefficient (Wildman–Crippen LogP) is 1.86. The van der Waals surface area contributed by atoms with Crippen molar-refractivity contribution in [1.82, 2.24) is 28.7 Å². The van der Waals surface area contributed by atoms with Gasteiger partial charge in [-0.2, -0.15) is 0 Å². The highest BCUT2D eigenvalue weighted by molar-refractivity contribution is 5.86. The van der Waals surface area contributed by atoms with Gasteiger partial charge in [-0.15, -0.1) is 10.2 Å². The van der Waals surface area contributed by atoms with Crippen LogP contribution in [0.15, 0.2) is 35.4 Å². The van der Waals surface area contributed by atoms with E-state index in [-0.39, 0.29) is 5.69 Å². The standard InChI is InChI=1S/C17H18N6O2/c1-4-8-22-15-13(21(2)10-18-15)16-20-19-14(23(16)17(22)24)11-6-5-7-12(9-11)25-3/h5-7,9-10H,4,8H2,1-3H3. The van der Waals surface area contributed by atoms with E-state index >= 15 is 0 Å². The molecule has 3 aromatic heterocycles. The molecule has 25 heavy (non-hydrogen) atoms. The third kappa shape index (κ3) is 2.21. The molecule has 0 amide bonds. The van der Waals surface area contributed by atoms with Crippen LogP contribution >= 0.6 is 0 Å². The maximum Gasteiger partial charge on any atom is 0.337 e. The molecule has 4 aromatic rings. The molecule has 0 bridgehead atoms. The lowest BCUT2D eigenvalue weighted by atomic mass is 10.2. The zero-order valence-electron chi connectivity index (χ0n) is 14.3. The minimum Gasteiger partial charge on any atom is -0.497 e. The summed E-state index contributed by atoms with van der Waals surface area (Å²) in [6, 6.07) is 7.44. The van der Waals surface area contributed by atoms with Gasteiger partial charge in [0.1, 0.15) is 11.3 Å². The van der Waals surface area contributed by atoms with Crippen molar-refractivity contribution in [2.24, 2.45) is 7.05 Å². The summed E-state index contributed by atoms with van der Waals surface area (Å²) in [6.45, 7) is 2.61. The van der Waals surface area contributed by atoms with Crippen LogP contribution in [-0.2, 0) is 13.6 Å². The monoisotopic (exact) mass is 338 g/mol. The molecule has 8 nitrogen and oxygen atoms in total. The summed E-state index contributed by atoms with van der Waals surface area (Å²) in [5.74, 6) is 1.19. The fourth-order valence-electron chi connectivity index (χ4n) is 3.08. The number of rotatable bonds is 4. The van der Waals surface area contributed by atoms with Gasteiger partial charge in [0, 0.05) is 19.2 Å². The van der Waals surface area contributed by atoms with Gasteiger partial charge in [-0.05, 0) is 18.6 Å². The minimum atomic E-state index is -0.189. The highest BCUT2D eigenvalue weighted by Gasteiger charge is 2.20. The summed E-state index contributed by atoms with van der Waals surface area (Å²) in [4.78, 5) is 17.5. The lowest BCUT2D eigenvalue weighted by Gasteiger charge is -2.08.